The summed E-state index contributed by atoms with van der Waals surface area (Å²) in [5, 5.41) is 3.33. The first-order chi connectivity index (χ1) is 19.8. The second-order valence-corrected chi connectivity index (χ2v) is 10.7. The molecule has 0 rings (SSSR count). The summed E-state index contributed by atoms with van der Waals surface area (Å²) < 4.78 is 22.3. The normalized spacial score (nSPS) is 10.8. The zero-order valence-electron chi connectivity index (χ0n) is 27.2. The summed E-state index contributed by atoms with van der Waals surface area (Å²) in [4.78, 5) is 0. The fraction of sp³-hybridized carbons (Fsp3) is 1.00. The summed E-state index contributed by atoms with van der Waals surface area (Å²) in [6.07, 6.45) is 23.1. The molecule has 0 bridgehead atoms. The zero-order chi connectivity index (χ0) is 29.5. The lowest BCUT2D eigenvalue weighted by Gasteiger charge is -2.06. The quantitative estimate of drug-likeness (QED) is 0.0661. The first-order valence-corrected chi connectivity index (χ1v) is 17.2. The van der Waals surface area contributed by atoms with Gasteiger partial charge in [-0.3, -0.25) is 0 Å². The Labute approximate surface area is 257 Å². The summed E-state index contributed by atoms with van der Waals surface area (Å²) in [7, 11) is 0. The van der Waals surface area contributed by atoms with Crippen molar-refractivity contribution in [2.45, 2.75) is 143 Å². The summed E-state index contributed by atoms with van der Waals surface area (Å²) in [5.74, 6) is 0. The van der Waals surface area contributed by atoms with E-state index in [9.17, 15) is 0 Å². The zero-order valence-corrected chi connectivity index (χ0v) is 27.2. The van der Waals surface area contributed by atoms with Gasteiger partial charge in [0.15, 0.2) is 0 Å². The van der Waals surface area contributed by atoms with E-state index in [1.54, 1.807) is 0 Å². The van der Waals surface area contributed by atoms with E-state index in [2.05, 4.69) is 19.2 Å². The molecule has 0 saturated heterocycles. The Morgan fingerprint density at radius 2 is 0.683 bits per heavy atom. The monoisotopic (exact) mass is 592 g/mol. The molecule has 7 nitrogen and oxygen atoms in total. The molecule has 0 fully saturated rings. The van der Waals surface area contributed by atoms with Crippen molar-refractivity contribution in [1.29, 1.82) is 0 Å². The number of nitrogens with two attached hydrogens (primary N) is 2. The third-order valence-electron chi connectivity index (χ3n) is 6.67. The average Bonchev–Trinajstić information content (AvgIpc) is 2.97. The second kappa shape index (κ2) is 46.7. The van der Waals surface area contributed by atoms with Crippen LogP contribution in [0.2, 0.25) is 0 Å². The maximum absolute atomic E-state index is 5.67. The first kappa shape index (κ1) is 45.2. The molecule has 0 amide bonds. The van der Waals surface area contributed by atoms with Crippen LogP contribution in [0.4, 0.5) is 0 Å². The number of unbranched alkanes of at least 4 members (excludes halogenated alkanes) is 13. The highest BCUT2D eigenvalue weighted by Gasteiger charge is 1.95. The standard InChI is InChI=1S/C19H41NO2.C14H32N2O2.CH4/c1-3-5-6-7-11-16-21-17-12-8-9-13-18-22-19-14-10-15-20-4-2;15-9-3-7-13-17-11-5-1-2-6-12-18-14-8-4-10-16;/h20H,3-19H2,1-2H3;1-16H2;1H4. The Morgan fingerprint density at radius 1 is 0.390 bits per heavy atom. The molecule has 0 radical (unpaired) electrons. The highest BCUT2D eigenvalue weighted by atomic mass is 16.5. The minimum Gasteiger partial charge on any atom is -0.381 e. The van der Waals surface area contributed by atoms with Crippen LogP contribution in [0.15, 0.2) is 0 Å². The second-order valence-electron chi connectivity index (χ2n) is 10.7. The van der Waals surface area contributed by atoms with Crippen LogP contribution in [0.3, 0.4) is 0 Å². The van der Waals surface area contributed by atoms with E-state index in [0.717, 1.165) is 118 Å². The third kappa shape index (κ3) is 49.7. The van der Waals surface area contributed by atoms with Gasteiger partial charge in [-0.2, -0.15) is 0 Å². The highest BCUT2D eigenvalue weighted by Crippen LogP contribution is 2.05. The molecule has 5 N–H and O–H groups in total. The summed E-state index contributed by atoms with van der Waals surface area (Å²) in [6, 6.07) is 0. The Bertz CT molecular complexity index is 370. The maximum atomic E-state index is 5.67. The molecule has 252 valence electrons. The van der Waals surface area contributed by atoms with Crippen molar-refractivity contribution < 1.29 is 18.9 Å². The van der Waals surface area contributed by atoms with Crippen molar-refractivity contribution in [2.75, 3.05) is 79.0 Å². The summed E-state index contributed by atoms with van der Waals surface area (Å²) >= 11 is 0. The molecule has 0 aromatic rings. The SMILES string of the molecule is C.CCCCCCCOCCCCCCOCCCCNCC.NCCCCOCCCCCCOCCCCN. The van der Waals surface area contributed by atoms with E-state index in [1.165, 1.54) is 83.5 Å². The molecule has 0 aromatic carbocycles. The van der Waals surface area contributed by atoms with Gasteiger partial charge < -0.3 is 35.7 Å². The summed E-state index contributed by atoms with van der Waals surface area (Å²) in [6.45, 7) is 15.4. The van der Waals surface area contributed by atoms with Gasteiger partial charge in [-0.25, -0.2) is 0 Å². The molecule has 0 aliphatic rings. The van der Waals surface area contributed by atoms with Gasteiger partial charge in [0.2, 0.25) is 0 Å². The molecule has 41 heavy (non-hydrogen) atoms. The van der Waals surface area contributed by atoms with Crippen molar-refractivity contribution in [3.8, 4) is 0 Å². The molecule has 0 aliphatic carbocycles. The molecule has 0 atom stereocenters. The van der Waals surface area contributed by atoms with E-state index in [1.807, 2.05) is 0 Å². The molecule has 7 heteroatoms. The largest absolute Gasteiger partial charge is 0.381 e. The van der Waals surface area contributed by atoms with Gasteiger partial charge in [0.25, 0.3) is 0 Å². The Kier molecular flexibility index (Phi) is 51.4. The van der Waals surface area contributed by atoms with E-state index in [4.69, 9.17) is 30.4 Å². The highest BCUT2D eigenvalue weighted by molar-refractivity contribution is 4.48. The van der Waals surface area contributed by atoms with Crippen LogP contribution in [0.5, 0.6) is 0 Å². The van der Waals surface area contributed by atoms with Gasteiger partial charge in [-0.05, 0) is 96.8 Å². The average molecular weight is 592 g/mol. The van der Waals surface area contributed by atoms with Gasteiger partial charge in [0, 0.05) is 52.9 Å². The van der Waals surface area contributed by atoms with Crippen molar-refractivity contribution in [2.24, 2.45) is 11.5 Å². The van der Waals surface area contributed by atoms with Crippen LogP contribution >= 0.6 is 0 Å². The van der Waals surface area contributed by atoms with Gasteiger partial charge >= 0.3 is 0 Å². The van der Waals surface area contributed by atoms with E-state index in [0.29, 0.717) is 0 Å². The van der Waals surface area contributed by atoms with Crippen LogP contribution in [-0.2, 0) is 18.9 Å². The van der Waals surface area contributed by atoms with Gasteiger partial charge in [-0.15, -0.1) is 0 Å². The lowest BCUT2D eigenvalue weighted by Crippen LogP contribution is -2.14. The smallest absolute Gasteiger partial charge is 0.0466 e. The molecule has 0 unspecified atom stereocenters. The lowest BCUT2D eigenvalue weighted by molar-refractivity contribution is 0.117. The van der Waals surface area contributed by atoms with Crippen LogP contribution in [0.1, 0.15) is 143 Å². The molecular weight excluding hydrogens is 514 g/mol. The molecule has 0 aromatic heterocycles. The third-order valence-corrected chi connectivity index (χ3v) is 6.67. The Balaban J connectivity index is -0.000000701. The van der Waals surface area contributed by atoms with Crippen LogP contribution in [-0.4, -0.2) is 79.0 Å². The van der Waals surface area contributed by atoms with Crippen LogP contribution in [0, 0.1) is 0 Å². The lowest BCUT2D eigenvalue weighted by atomic mass is 10.2. The molecule has 0 saturated carbocycles. The molecule has 0 heterocycles. The number of hydrogen-bond donors (Lipinski definition) is 3. The van der Waals surface area contributed by atoms with E-state index >= 15 is 0 Å². The molecule has 0 spiro atoms. The number of hydrogen-bond acceptors (Lipinski definition) is 7. The number of ether oxygens (including phenoxy) is 4. The topological polar surface area (TPSA) is 101 Å². The number of nitrogens with one attached hydrogen (secondary N) is 1. The molecular formula is C34H77N3O4. The molecule has 0 aliphatic heterocycles. The number of rotatable bonds is 34. The fourth-order valence-electron chi connectivity index (χ4n) is 4.07. The Morgan fingerprint density at radius 3 is 0.976 bits per heavy atom. The first-order valence-electron chi connectivity index (χ1n) is 17.2. The Hall–Kier alpha value is -0.280. The van der Waals surface area contributed by atoms with Crippen LogP contribution < -0.4 is 16.8 Å². The maximum Gasteiger partial charge on any atom is 0.0466 e. The fourth-order valence-corrected chi connectivity index (χ4v) is 4.07. The van der Waals surface area contributed by atoms with Gasteiger partial charge in [0.1, 0.15) is 0 Å². The van der Waals surface area contributed by atoms with Gasteiger partial charge in [-0.1, -0.05) is 72.6 Å². The van der Waals surface area contributed by atoms with E-state index in [-0.39, 0.29) is 7.43 Å². The van der Waals surface area contributed by atoms with E-state index < -0.39 is 0 Å². The van der Waals surface area contributed by atoms with Crippen molar-refractivity contribution in [3.05, 3.63) is 0 Å². The predicted molar refractivity (Wildman–Crippen MR) is 180 cm³/mol. The van der Waals surface area contributed by atoms with Crippen LogP contribution in [0.25, 0.3) is 0 Å². The minimum absolute atomic E-state index is 0. The minimum atomic E-state index is 0. The van der Waals surface area contributed by atoms with Crippen molar-refractivity contribution in [3.63, 3.8) is 0 Å². The summed E-state index contributed by atoms with van der Waals surface area (Å²) in [5.41, 5.74) is 10.8. The predicted octanol–water partition coefficient (Wildman–Crippen LogP) is 7.63. The van der Waals surface area contributed by atoms with Crippen molar-refractivity contribution >= 4 is 0 Å². The van der Waals surface area contributed by atoms with Crippen molar-refractivity contribution in [1.82, 2.24) is 5.32 Å². The van der Waals surface area contributed by atoms with Gasteiger partial charge in [0.05, 0.1) is 0 Å².